The van der Waals surface area contributed by atoms with Gasteiger partial charge in [-0.3, -0.25) is 4.79 Å². The van der Waals surface area contributed by atoms with Gasteiger partial charge in [0.2, 0.25) is 0 Å². The van der Waals surface area contributed by atoms with Crippen molar-refractivity contribution in [2.75, 3.05) is 0 Å². The van der Waals surface area contributed by atoms with Crippen LogP contribution in [0.25, 0.3) is 0 Å². The van der Waals surface area contributed by atoms with E-state index in [-0.39, 0.29) is 6.47 Å². The zero-order valence-electron chi connectivity index (χ0n) is 7.64. The van der Waals surface area contributed by atoms with Gasteiger partial charge in [0.1, 0.15) is 11.5 Å². The molecular weight excluding hydrogens is 204 g/mol. The van der Waals surface area contributed by atoms with Crippen LogP contribution >= 0.6 is 0 Å². The first-order valence-corrected chi connectivity index (χ1v) is 3.98. The first-order chi connectivity index (χ1) is 6.33. The molecule has 1 rings (SSSR count). The fourth-order valence-electron chi connectivity index (χ4n) is 2.01. The van der Waals surface area contributed by atoms with Crippen molar-refractivity contribution in [3.63, 3.8) is 0 Å². The van der Waals surface area contributed by atoms with Crippen molar-refractivity contribution in [3.8, 4) is 0 Å². The van der Waals surface area contributed by atoms with Crippen molar-refractivity contribution in [3.05, 3.63) is 0 Å². The molecule has 0 saturated heterocycles. The van der Waals surface area contributed by atoms with Crippen LogP contribution in [0.1, 0.15) is 13.8 Å². The Bertz CT molecular complexity index is 231. The zero-order valence-corrected chi connectivity index (χ0v) is 7.64. The fraction of sp³-hybridized carbons (Fsp3) is 0.875. The topological polar surface area (TPSA) is 26.3 Å². The van der Waals surface area contributed by atoms with Gasteiger partial charge in [-0.15, -0.1) is 0 Å². The van der Waals surface area contributed by atoms with Gasteiger partial charge < -0.3 is 4.74 Å². The maximum absolute atomic E-state index is 12.5. The van der Waals surface area contributed by atoms with Gasteiger partial charge in [0.05, 0.1) is 0 Å². The Labute approximate surface area is 78.2 Å². The molecule has 1 aliphatic rings. The van der Waals surface area contributed by atoms with Crippen LogP contribution < -0.4 is 0 Å². The van der Waals surface area contributed by atoms with Gasteiger partial charge in [-0.05, 0) is 0 Å². The van der Waals surface area contributed by atoms with Crippen LogP contribution in [-0.4, -0.2) is 25.4 Å². The summed E-state index contributed by atoms with van der Waals surface area (Å²) in [4.78, 5) is 9.96. The highest BCUT2D eigenvalue weighted by Gasteiger charge is 2.83. The van der Waals surface area contributed by atoms with Gasteiger partial charge in [0.25, 0.3) is 19.3 Å². The smallest absolute Gasteiger partial charge is 0.293 e. The molecule has 1 unspecified atom stereocenters. The summed E-state index contributed by atoms with van der Waals surface area (Å²) in [5.74, 6) is 0. The van der Waals surface area contributed by atoms with E-state index in [2.05, 4.69) is 4.74 Å². The highest BCUT2D eigenvalue weighted by atomic mass is 19.3. The van der Waals surface area contributed by atoms with E-state index in [1.54, 1.807) is 0 Å². The molecule has 1 fully saturated rings. The van der Waals surface area contributed by atoms with Crippen LogP contribution in [0.15, 0.2) is 0 Å². The molecule has 0 aromatic carbocycles. The normalized spacial score (nSPS) is 27.9. The lowest BCUT2D eigenvalue weighted by molar-refractivity contribution is -0.135. The lowest BCUT2D eigenvalue weighted by Crippen LogP contribution is -2.29. The summed E-state index contributed by atoms with van der Waals surface area (Å²) in [6.45, 7) is 2.40. The second-order valence-corrected chi connectivity index (χ2v) is 3.87. The molecule has 0 amide bonds. The van der Waals surface area contributed by atoms with E-state index in [0.29, 0.717) is 0 Å². The van der Waals surface area contributed by atoms with Crippen molar-refractivity contribution in [1.29, 1.82) is 0 Å². The summed E-state index contributed by atoms with van der Waals surface area (Å²) < 4.78 is 54.3. The summed E-state index contributed by atoms with van der Waals surface area (Å²) in [6, 6.07) is 0. The molecule has 2 nitrogen and oxygen atoms in total. The minimum absolute atomic E-state index is 0.0705. The minimum Gasteiger partial charge on any atom is -0.463 e. The third-order valence-corrected chi connectivity index (χ3v) is 3.04. The standard InChI is InChI=1S/C8H10F4O2/c1-7(2)4(14-3-13)8(7,5(9)10)6(11)12/h3-6H,1-2H3. The van der Waals surface area contributed by atoms with Gasteiger partial charge in [0, 0.05) is 5.41 Å². The van der Waals surface area contributed by atoms with E-state index >= 15 is 0 Å². The molecule has 1 saturated carbocycles. The lowest BCUT2D eigenvalue weighted by atomic mass is 9.97. The second kappa shape index (κ2) is 3.10. The lowest BCUT2D eigenvalue weighted by Gasteiger charge is -2.16. The third kappa shape index (κ3) is 1.05. The first-order valence-electron chi connectivity index (χ1n) is 3.98. The monoisotopic (exact) mass is 214 g/mol. The minimum atomic E-state index is -3.21. The molecular formula is C8H10F4O2. The average molecular weight is 214 g/mol. The number of hydrogen-bond donors (Lipinski definition) is 0. The number of halogens is 4. The Morgan fingerprint density at radius 1 is 1.21 bits per heavy atom. The van der Waals surface area contributed by atoms with Gasteiger partial charge in [0.15, 0.2) is 0 Å². The Balaban J connectivity index is 2.97. The molecule has 0 N–H and O–H groups in total. The van der Waals surface area contributed by atoms with E-state index in [1.807, 2.05) is 0 Å². The van der Waals surface area contributed by atoms with Crippen molar-refractivity contribution in [2.24, 2.45) is 10.8 Å². The van der Waals surface area contributed by atoms with Crippen LogP contribution in [0.4, 0.5) is 17.6 Å². The van der Waals surface area contributed by atoms with E-state index in [4.69, 9.17) is 0 Å². The van der Waals surface area contributed by atoms with Crippen molar-refractivity contribution < 1.29 is 27.1 Å². The number of carbonyl (C=O) groups is 1. The molecule has 14 heavy (non-hydrogen) atoms. The maximum atomic E-state index is 12.5. The van der Waals surface area contributed by atoms with Gasteiger partial charge in [-0.1, -0.05) is 13.8 Å². The molecule has 0 aromatic rings. The van der Waals surface area contributed by atoms with Gasteiger partial charge >= 0.3 is 0 Å². The average Bonchev–Trinajstić information content (AvgIpc) is 2.50. The fourth-order valence-corrected chi connectivity index (χ4v) is 2.01. The van der Waals surface area contributed by atoms with Crippen LogP contribution in [0.3, 0.4) is 0 Å². The van der Waals surface area contributed by atoms with Crippen LogP contribution in [0.2, 0.25) is 0 Å². The van der Waals surface area contributed by atoms with Gasteiger partial charge in [-0.25, -0.2) is 17.6 Å². The van der Waals surface area contributed by atoms with E-state index in [9.17, 15) is 22.4 Å². The number of hydrogen-bond acceptors (Lipinski definition) is 2. The molecule has 0 radical (unpaired) electrons. The Morgan fingerprint density at radius 3 is 1.86 bits per heavy atom. The molecule has 1 aliphatic carbocycles. The summed E-state index contributed by atoms with van der Waals surface area (Å²) in [6.07, 6.45) is -7.82. The molecule has 0 aliphatic heterocycles. The first kappa shape index (κ1) is 11.3. The molecule has 0 bridgehead atoms. The zero-order chi connectivity index (χ0) is 11.1. The van der Waals surface area contributed by atoms with Gasteiger partial charge in [-0.2, -0.15) is 0 Å². The van der Waals surface area contributed by atoms with E-state index < -0.39 is 29.8 Å². The molecule has 1 atom stereocenters. The van der Waals surface area contributed by atoms with Crippen molar-refractivity contribution >= 4 is 6.47 Å². The third-order valence-electron chi connectivity index (χ3n) is 3.04. The quantitative estimate of drug-likeness (QED) is 0.529. The molecule has 0 heterocycles. The predicted molar refractivity (Wildman–Crippen MR) is 39.2 cm³/mol. The highest BCUT2D eigenvalue weighted by molar-refractivity contribution is 5.41. The Kier molecular flexibility index (Phi) is 2.49. The predicted octanol–water partition coefficient (Wildman–Crippen LogP) is 2.08. The number of rotatable bonds is 4. The van der Waals surface area contributed by atoms with Crippen molar-refractivity contribution in [1.82, 2.24) is 0 Å². The molecule has 0 aromatic heterocycles. The van der Waals surface area contributed by atoms with Crippen molar-refractivity contribution in [2.45, 2.75) is 32.8 Å². The van der Waals surface area contributed by atoms with E-state index in [0.717, 1.165) is 0 Å². The number of ether oxygens (including phenoxy) is 1. The highest BCUT2D eigenvalue weighted by Crippen LogP contribution is 2.70. The van der Waals surface area contributed by atoms with Crippen LogP contribution in [0.5, 0.6) is 0 Å². The molecule has 0 spiro atoms. The maximum Gasteiger partial charge on any atom is 0.293 e. The summed E-state index contributed by atoms with van der Waals surface area (Å²) in [5.41, 5.74) is -3.88. The number of alkyl halides is 4. The summed E-state index contributed by atoms with van der Waals surface area (Å²) >= 11 is 0. The summed E-state index contributed by atoms with van der Waals surface area (Å²) in [7, 11) is 0. The van der Waals surface area contributed by atoms with Crippen LogP contribution in [-0.2, 0) is 9.53 Å². The molecule has 6 heteroatoms. The summed E-state index contributed by atoms with van der Waals surface area (Å²) in [5, 5.41) is 0. The Hall–Kier alpha value is -0.810. The number of carbonyl (C=O) groups excluding carboxylic acids is 1. The van der Waals surface area contributed by atoms with E-state index in [1.165, 1.54) is 13.8 Å². The SMILES string of the molecule is CC1(C)C(OC=O)C1(C(F)F)C(F)F. The second-order valence-electron chi connectivity index (χ2n) is 3.87. The molecule has 82 valence electrons. The Morgan fingerprint density at radius 2 is 1.64 bits per heavy atom. The van der Waals surface area contributed by atoms with Crippen LogP contribution in [0, 0.1) is 10.8 Å². The largest absolute Gasteiger partial charge is 0.463 e.